The summed E-state index contributed by atoms with van der Waals surface area (Å²) in [7, 11) is 0. The minimum Gasteiger partial charge on any atom is -0.382 e. The predicted octanol–water partition coefficient (Wildman–Crippen LogP) is 3.13. The lowest BCUT2D eigenvalue weighted by Crippen LogP contribution is -1.98. The fraction of sp³-hybridized carbons (Fsp3) is 0.308. The Kier molecular flexibility index (Phi) is 4.43. The van der Waals surface area contributed by atoms with Crippen LogP contribution in [0, 0.1) is 11.3 Å². The van der Waals surface area contributed by atoms with Crippen LogP contribution >= 0.6 is 0 Å². The van der Waals surface area contributed by atoms with Crippen molar-refractivity contribution in [2.45, 2.75) is 20.3 Å². The molecule has 0 aliphatic rings. The Morgan fingerprint density at radius 3 is 2.53 bits per heavy atom. The number of benzene rings is 1. The highest BCUT2D eigenvalue weighted by Gasteiger charge is 1.92. The number of hydrogen-bond donors (Lipinski definition) is 1. The van der Waals surface area contributed by atoms with Gasteiger partial charge in [-0.2, -0.15) is 5.26 Å². The maximum absolute atomic E-state index is 8.52. The van der Waals surface area contributed by atoms with Crippen LogP contribution < -0.4 is 5.32 Å². The zero-order valence-electron chi connectivity index (χ0n) is 9.25. The summed E-state index contributed by atoms with van der Waals surface area (Å²) in [5.74, 6) is 0. The SMILES string of the molecule is CC(C)=CCNc1ccc(CC#N)cc1. The Balaban J connectivity index is 2.50. The maximum atomic E-state index is 8.52. The maximum Gasteiger partial charge on any atom is 0.0669 e. The van der Waals surface area contributed by atoms with Crippen LogP contribution in [0.5, 0.6) is 0 Å². The molecule has 0 saturated carbocycles. The van der Waals surface area contributed by atoms with Crippen LogP contribution in [0.3, 0.4) is 0 Å². The molecule has 78 valence electrons. The second kappa shape index (κ2) is 5.87. The average molecular weight is 200 g/mol. The molecule has 0 amide bonds. The molecule has 0 aromatic heterocycles. The minimum atomic E-state index is 0.480. The van der Waals surface area contributed by atoms with Gasteiger partial charge in [-0.25, -0.2) is 0 Å². The van der Waals surface area contributed by atoms with Crippen molar-refractivity contribution in [3.8, 4) is 6.07 Å². The molecule has 2 nitrogen and oxygen atoms in total. The van der Waals surface area contributed by atoms with Gasteiger partial charge in [0.05, 0.1) is 12.5 Å². The van der Waals surface area contributed by atoms with Crippen LogP contribution in [0.15, 0.2) is 35.9 Å². The Morgan fingerprint density at radius 1 is 1.33 bits per heavy atom. The van der Waals surface area contributed by atoms with Gasteiger partial charge in [-0.1, -0.05) is 23.8 Å². The molecule has 0 saturated heterocycles. The number of nitrogens with zero attached hydrogens (tertiary/aromatic N) is 1. The lowest BCUT2D eigenvalue weighted by Gasteiger charge is -2.04. The summed E-state index contributed by atoms with van der Waals surface area (Å²) in [6, 6.07) is 10.1. The van der Waals surface area contributed by atoms with Crippen molar-refractivity contribution in [1.29, 1.82) is 5.26 Å². The normalized spacial score (nSPS) is 9.13. The molecule has 1 N–H and O–H groups in total. The average Bonchev–Trinajstić information content (AvgIpc) is 2.20. The van der Waals surface area contributed by atoms with E-state index >= 15 is 0 Å². The Bertz CT molecular complexity index is 365. The molecular formula is C13H16N2. The molecule has 0 bridgehead atoms. The molecule has 0 aliphatic heterocycles. The quantitative estimate of drug-likeness (QED) is 0.758. The summed E-state index contributed by atoms with van der Waals surface area (Å²) in [4.78, 5) is 0. The number of allylic oxidation sites excluding steroid dienone is 1. The van der Waals surface area contributed by atoms with Crippen molar-refractivity contribution < 1.29 is 0 Å². The smallest absolute Gasteiger partial charge is 0.0669 e. The zero-order valence-corrected chi connectivity index (χ0v) is 9.25. The third kappa shape index (κ3) is 4.33. The predicted molar refractivity (Wildman–Crippen MR) is 63.7 cm³/mol. The van der Waals surface area contributed by atoms with E-state index in [0.29, 0.717) is 6.42 Å². The summed E-state index contributed by atoms with van der Waals surface area (Å²) in [5, 5.41) is 11.8. The van der Waals surface area contributed by atoms with Crippen molar-refractivity contribution >= 4 is 5.69 Å². The van der Waals surface area contributed by atoms with Crippen molar-refractivity contribution in [3.63, 3.8) is 0 Å². The van der Waals surface area contributed by atoms with Gasteiger partial charge in [-0.15, -0.1) is 0 Å². The number of hydrogen-bond acceptors (Lipinski definition) is 2. The first kappa shape index (κ1) is 11.3. The van der Waals surface area contributed by atoms with E-state index in [1.165, 1.54) is 5.57 Å². The molecule has 0 unspecified atom stereocenters. The highest BCUT2D eigenvalue weighted by Crippen LogP contribution is 2.09. The largest absolute Gasteiger partial charge is 0.382 e. The van der Waals surface area contributed by atoms with Crippen LogP contribution in [-0.2, 0) is 6.42 Å². The van der Waals surface area contributed by atoms with E-state index in [0.717, 1.165) is 17.8 Å². The Labute approximate surface area is 91.2 Å². The first-order valence-electron chi connectivity index (χ1n) is 5.05. The van der Waals surface area contributed by atoms with Crippen molar-refractivity contribution in [2.75, 3.05) is 11.9 Å². The summed E-state index contributed by atoms with van der Waals surface area (Å²) in [6.45, 7) is 5.01. The van der Waals surface area contributed by atoms with E-state index in [2.05, 4.69) is 31.3 Å². The fourth-order valence-corrected chi connectivity index (χ4v) is 1.20. The highest BCUT2D eigenvalue weighted by molar-refractivity contribution is 5.45. The molecule has 0 fully saturated rings. The molecular weight excluding hydrogens is 184 g/mol. The first-order valence-corrected chi connectivity index (χ1v) is 5.05. The van der Waals surface area contributed by atoms with Crippen LogP contribution in [0.25, 0.3) is 0 Å². The van der Waals surface area contributed by atoms with E-state index in [9.17, 15) is 0 Å². The summed E-state index contributed by atoms with van der Waals surface area (Å²) in [6.07, 6.45) is 2.62. The van der Waals surface area contributed by atoms with Gasteiger partial charge in [0.2, 0.25) is 0 Å². The van der Waals surface area contributed by atoms with Crippen molar-refractivity contribution in [2.24, 2.45) is 0 Å². The van der Waals surface area contributed by atoms with Crippen molar-refractivity contribution in [1.82, 2.24) is 0 Å². The fourth-order valence-electron chi connectivity index (χ4n) is 1.20. The second-order valence-corrected chi connectivity index (χ2v) is 3.69. The third-order valence-electron chi connectivity index (χ3n) is 2.05. The van der Waals surface area contributed by atoms with Gasteiger partial charge >= 0.3 is 0 Å². The molecule has 1 rings (SSSR count). The Hall–Kier alpha value is -1.75. The molecule has 1 aromatic carbocycles. The van der Waals surface area contributed by atoms with E-state index in [-0.39, 0.29) is 0 Å². The topological polar surface area (TPSA) is 35.8 Å². The van der Waals surface area contributed by atoms with Gasteiger partial charge in [0.15, 0.2) is 0 Å². The van der Waals surface area contributed by atoms with Gasteiger partial charge in [-0.05, 0) is 31.5 Å². The molecule has 0 aliphatic carbocycles. The number of nitriles is 1. The minimum absolute atomic E-state index is 0.480. The highest BCUT2D eigenvalue weighted by atomic mass is 14.8. The van der Waals surface area contributed by atoms with Gasteiger partial charge in [-0.3, -0.25) is 0 Å². The lowest BCUT2D eigenvalue weighted by molar-refractivity contribution is 1.24. The molecule has 0 heterocycles. The van der Waals surface area contributed by atoms with E-state index in [1.54, 1.807) is 0 Å². The molecule has 0 spiro atoms. The van der Waals surface area contributed by atoms with Crippen LogP contribution in [-0.4, -0.2) is 6.54 Å². The van der Waals surface area contributed by atoms with E-state index in [4.69, 9.17) is 5.26 Å². The number of nitrogens with one attached hydrogen (secondary N) is 1. The van der Waals surface area contributed by atoms with E-state index in [1.807, 2.05) is 24.3 Å². The van der Waals surface area contributed by atoms with Crippen LogP contribution in [0.1, 0.15) is 19.4 Å². The molecule has 0 atom stereocenters. The van der Waals surface area contributed by atoms with Gasteiger partial charge in [0, 0.05) is 12.2 Å². The van der Waals surface area contributed by atoms with Crippen molar-refractivity contribution in [3.05, 3.63) is 41.5 Å². The number of anilines is 1. The summed E-state index contributed by atoms with van der Waals surface area (Å²) in [5.41, 5.74) is 3.46. The van der Waals surface area contributed by atoms with Crippen LogP contribution in [0.4, 0.5) is 5.69 Å². The summed E-state index contributed by atoms with van der Waals surface area (Å²) < 4.78 is 0. The first-order chi connectivity index (χ1) is 7.22. The summed E-state index contributed by atoms with van der Waals surface area (Å²) >= 11 is 0. The molecule has 2 heteroatoms. The number of rotatable bonds is 4. The van der Waals surface area contributed by atoms with Gasteiger partial charge in [0.1, 0.15) is 0 Å². The standard InChI is InChI=1S/C13H16N2/c1-11(2)8-10-15-13-5-3-12(4-6-13)7-9-14/h3-6,8,15H,7,10H2,1-2H3. The van der Waals surface area contributed by atoms with Gasteiger partial charge < -0.3 is 5.32 Å². The molecule has 15 heavy (non-hydrogen) atoms. The molecule has 1 aromatic rings. The lowest BCUT2D eigenvalue weighted by atomic mass is 10.1. The molecule has 0 radical (unpaired) electrons. The zero-order chi connectivity index (χ0) is 11.1. The van der Waals surface area contributed by atoms with Crippen LogP contribution in [0.2, 0.25) is 0 Å². The monoisotopic (exact) mass is 200 g/mol. The van der Waals surface area contributed by atoms with E-state index < -0.39 is 0 Å². The third-order valence-corrected chi connectivity index (χ3v) is 2.05. The second-order valence-electron chi connectivity index (χ2n) is 3.69. The Morgan fingerprint density at radius 2 is 2.00 bits per heavy atom. The van der Waals surface area contributed by atoms with Gasteiger partial charge in [0.25, 0.3) is 0 Å².